The average Bonchev–Trinajstić information content (AvgIpc) is 3.55. The summed E-state index contributed by atoms with van der Waals surface area (Å²) >= 11 is 1.35. The van der Waals surface area contributed by atoms with Gasteiger partial charge in [0.2, 0.25) is 10.0 Å². The third-order valence-corrected chi connectivity index (χ3v) is 9.22. The maximum Gasteiger partial charge on any atom is 0.279 e. The van der Waals surface area contributed by atoms with Gasteiger partial charge < -0.3 is 23.5 Å². The van der Waals surface area contributed by atoms with Crippen molar-refractivity contribution in [3.8, 4) is 11.5 Å². The lowest BCUT2D eigenvalue weighted by molar-refractivity contribution is 0.0979. The van der Waals surface area contributed by atoms with Crippen LogP contribution in [0.25, 0.3) is 10.2 Å². The number of methoxy groups -OCH3 is 2. The fourth-order valence-corrected chi connectivity index (χ4v) is 6.54. The van der Waals surface area contributed by atoms with Crippen LogP contribution >= 0.6 is 11.3 Å². The SMILES string of the molecule is CCOCCn1c(=NC(=O)c2ccc(S(=O)(=O)N(C)CC3CCCO3)cc2)sc2cc(OC)c(OC)cc21. The average molecular weight is 564 g/mol. The number of nitrogens with zero attached hydrogens (tertiary/aromatic N) is 3. The molecule has 1 unspecified atom stereocenters. The molecule has 1 saturated heterocycles. The highest BCUT2D eigenvalue weighted by Crippen LogP contribution is 2.33. The Hall–Kier alpha value is -2.77. The van der Waals surface area contributed by atoms with Gasteiger partial charge in [-0.2, -0.15) is 9.30 Å². The Morgan fingerprint density at radius 2 is 1.89 bits per heavy atom. The van der Waals surface area contributed by atoms with Gasteiger partial charge in [-0.25, -0.2) is 8.42 Å². The first-order chi connectivity index (χ1) is 18.3. The third kappa shape index (κ3) is 6.10. The van der Waals surface area contributed by atoms with Crippen LogP contribution in [0.2, 0.25) is 0 Å². The van der Waals surface area contributed by atoms with Crippen molar-refractivity contribution < 1.29 is 32.2 Å². The number of aromatic nitrogens is 1. The molecule has 1 atom stereocenters. The van der Waals surface area contributed by atoms with Crippen LogP contribution in [-0.2, 0) is 26.0 Å². The molecule has 2 aromatic carbocycles. The van der Waals surface area contributed by atoms with E-state index in [4.69, 9.17) is 18.9 Å². The molecule has 10 nitrogen and oxygen atoms in total. The van der Waals surface area contributed by atoms with E-state index in [1.165, 1.54) is 47.0 Å². The van der Waals surface area contributed by atoms with E-state index >= 15 is 0 Å². The minimum atomic E-state index is -3.71. The van der Waals surface area contributed by atoms with E-state index in [1.54, 1.807) is 14.2 Å². The van der Waals surface area contributed by atoms with E-state index in [0.29, 0.717) is 49.2 Å². The van der Waals surface area contributed by atoms with Crippen molar-refractivity contribution in [3.05, 3.63) is 46.8 Å². The van der Waals surface area contributed by atoms with Gasteiger partial charge in [0.25, 0.3) is 5.91 Å². The predicted molar refractivity (Wildman–Crippen MR) is 145 cm³/mol. The van der Waals surface area contributed by atoms with Crippen molar-refractivity contribution in [2.75, 3.05) is 47.6 Å². The van der Waals surface area contributed by atoms with Crippen LogP contribution in [0.15, 0.2) is 46.3 Å². The van der Waals surface area contributed by atoms with Crippen molar-refractivity contribution in [1.82, 2.24) is 8.87 Å². The fraction of sp³-hybridized carbons (Fsp3) is 0.462. The summed E-state index contributed by atoms with van der Waals surface area (Å²) in [4.78, 5) is 18.1. The number of ether oxygens (including phenoxy) is 4. The molecule has 38 heavy (non-hydrogen) atoms. The molecule has 0 radical (unpaired) electrons. The van der Waals surface area contributed by atoms with Gasteiger partial charge in [-0.1, -0.05) is 11.3 Å². The zero-order chi connectivity index (χ0) is 27.3. The molecule has 0 spiro atoms. The van der Waals surface area contributed by atoms with Crippen LogP contribution in [0.3, 0.4) is 0 Å². The molecule has 0 bridgehead atoms. The number of thiazole rings is 1. The van der Waals surface area contributed by atoms with Crippen LogP contribution in [0, 0.1) is 0 Å². The summed E-state index contributed by atoms with van der Waals surface area (Å²) in [5.41, 5.74) is 1.13. The molecule has 0 N–H and O–H groups in total. The smallest absolute Gasteiger partial charge is 0.279 e. The number of hydrogen-bond acceptors (Lipinski definition) is 8. The Labute approximate surface area is 226 Å². The highest BCUT2D eigenvalue weighted by atomic mass is 32.2. The number of carbonyl (C=O) groups is 1. The number of fused-ring (bicyclic) bond motifs is 1. The summed E-state index contributed by atoms with van der Waals surface area (Å²) in [5, 5.41) is 0. The van der Waals surface area contributed by atoms with Crippen LogP contribution in [0.4, 0.5) is 0 Å². The summed E-state index contributed by atoms with van der Waals surface area (Å²) in [5.74, 6) is 0.678. The summed E-state index contributed by atoms with van der Waals surface area (Å²) in [7, 11) is 0.971. The largest absolute Gasteiger partial charge is 0.493 e. The Morgan fingerprint density at radius 1 is 1.18 bits per heavy atom. The molecule has 1 aromatic heterocycles. The lowest BCUT2D eigenvalue weighted by Crippen LogP contribution is -2.34. The molecule has 4 rings (SSSR count). The summed E-state index contributed by atoms with van der Waals surface area (Å²) in [6.07, 6.45) is 1.69. The van der Waals surface area contributed by atoms with Gasteiger partial charge in [0.05, 0.1) is 42.0 Å². The molecule has 12 heteroatoms. The number of benzene rings is 2. The molecule has 0 aliphatic carbocycles. The van der Waals surface area contributed by atoms with Gasteiger partial charge >= 0.3 is 0 Å². The number of hydrogen-bond donors (Lipinski definition) is 0. The quantitative estimate of drug-likeness (QED) is 0.330. The van der Waals surface area contributed by atoms with E-state index in [1.807, 2.05) is 23.6 Å². The molecule has 1 amide bonds. The first-order valence-electron chi connectivity index (χ1n) is 12.4. The second-order valence-electron chi connectivity index (χ2n) is 8.77. The van der Waals surface area contributed by atoms with E-state index in [-0.39, 0.29) is 16.6 Å². The topological polar surface area (TPSA) is 109 Å². The standard InChI is InChI=1S/C26H33N3O7S2/c1-5-35-14-12-29-21-15-22(33-3)23(34-4)16-24(21)37-26(29)27-25(30)18-8-10-20(11-9-18)38(31,32)28(2)17-19-7-6-13-36-19/h8-11,15-16,19H,5-7,12-14,17H2,1-4H3. The number of likely N-dealkylation sites (N-methyl/N-ethyl adjacent to an activating group) is 1. The molecule has 3 aromatic rings. The van der Waals surface area contributed by atoms with Crippen molar-refractivity contribution >= 4 is 37.5 Å². The van der Waals surface area contributed by atoms with E-state index in [2.05, 4.69) is 4.99 Å². The minimum absolute atomic E-state index is 0.0925. The zero-order valence-corrected chi connectivity index (χ0v) is 23.6. The first-order valence-corrected chi connectivity index (χ1v) is 14.6. The van der Waals surface area contributed by atoms with Crippen LogP contribution in [0.5, 0.6) is 11.5 Å². The number of rotatable bonds is 11. The maximum atomic E-state index is 13.1. The van der Waals surface area contributed by atoms with Gasteiger partial charge in [-0.05, 0) is 44.0 Å². The van der Waals surface area contributed by atoms with Crippen LogP contribution in [-0.4, -0.2) is 76.9 Å². The highest BCUT2D eigenvalue weighted by Gasteiger charge is 2.26. The fourth-order valence-electron chi connectivity index (χ4n) is 4.27. The maximum absolute atomic E-state index is 13.1. The van der Waals surface area contributed by atoms with Crippen molar-refractivity contribution in [1.29, 1.82) is 0 Å². The Morgan fingerprint density at radius 3 is 2.53 bits per heavy atom. The normalized spacial score (nSPS) is 16.4. The van der Waals surface area contributed by atoms with Crippen molar-refractivity contribution in [3.63, 3.8) is 0 Å². The number of amides is 1. The third-order valence-electron chi connectivity index (χ3n) is 6.34. The molecule has 2 heterocycles. The summed E-state index contributed by atoms with van der Waals surface area (Å²) < 4.78 is 52.1. The summed E-state index contributed by atoms with van der Waals surface area (Å²) in [6, 6.07) is 9.56. The van der Waals surface area contributed by atoms with E-state index < -0.39 is 15.9 Å². The highest BCUT2D eigenvalue weighted by molar-refractivity contribution is 7.89. The van der Waals surface area contributed by atoms with Gasteiger partial charge in [-0.15, -0.1) is 0 Å². The van der Waals surface area contributed by atoms with Crippen LogP contribution in [0.1, 0.15) is 30.1 Å². The lowest BCUT2D eigenvalue weighted by Gasteiger charge is -2.20. The van der Waals surface area contributed by atoms with Crippen molar-refractivity contribution in [2.45, 2.75) is 37.3 Å². The molecule has 1 aliphatic heterocycles. The molecule has 0 saturated carbocycles. The molecular weight excluding hydrogens is 530 g/mol. The van der Waals surface area contributed by atoms with Gasteiger partial charge in [0.15, 0.2) is 16.3 Å². The van der Waals surface area contributed by atoms with E-state index in [0.717, 1.165) is 23.1 Å². The summed E-state index contributed by atoms with van der Waals surface area (Å²) in [6.45, 7) is 4.38. The van der Waals surface area contributed by atoms with Crippen molar-refractivity contribution in [2.24, 2.45) is 4.99 Å². The Kier molecular flexibility index (Phi) is 9.21. The molecule has 206 valence electrons. The predicted octanol–water partition coefficient (Wildman–Crippen LogP) is 3.30. The lowest BCUT2D eigenvalue weighted by atomic mass is 10.2. The second-order valence-corrected chi connectivity index (χ2v) is 11.8. The number of carbonyl (C=O) groups excluding carboxylic acids is 1. The van der Waals surface area contributed by atoms with E-state index in [9.17, 15) is 13.2 Å². The van der Waals surface area contributed by atoms with Crippen LogP contribution < -0.4 is 14.3 Å². The van der Waals surface area contributed by atoms with Gasteiger partial charge in [0.1, 0.15) is 0 Å². The monoisotopic (exact) mass is 563 g/mol. The molecule has 1 fully saturated rings. The number of sulfonamides is 1. The second kappa shape index (κ2) is 12.4. The zero-order valence-electron chi connectivity index (χ0n) is 22.0. The Bertz CT molecular complexity index is 1440. The first kappa shape index (κ1) is 28.2. The van der Waals surface area contributed by atoms with Gasteiger partial charge in [-0.3, -0.25) is 4.79 Å². The molecule has 1 aliphatic rings. The molecular formula is C26H33N3O7S2. The van der Waals surface area contributed by atoms with Gasteiger partial charge in [0, 0.05) is 51.0 Å². The minimum Gasteiger partial charge on any atom is -0.493 e. The Balaban J connectivity index is 1.63.